The first kappa shape index (κ1) is 23.7. The fraction of sp³-hybridized carbons (Fsp3) is 0.632. The number of hydrogen-bond donors (Lipinski definition) is 3. The summed E-state index contributed by atoms with van der Waals surface area (Å²) >= 11 is 0. The Hall–Kier alpha value is -1.31. The summed E-state index contributed by atoms with van der Waals surface area (Å²) in [5.74, 6) is -0.125. The van der Waals surface area contributed by atoms with Crippen molar-refractivity contribution in [3.8, 4) is 0 Å². The predicted molar refractivity (Wildman–Crippen MR) is 113 cm³/mol. The molecule has 3 N–H and O–H groups in total. The molecule has 0 aromatic heterocycles. The van der Waals surface area contributed by atoms with Gasteiger partial charge in [0.25, 0.3) is 5.91 Å². The molecule has 1 aromatic carbocycles. The third-order valence-corrected chi connectivity index (χ3v) is 6.06. The molecule has 1 fully saturated rings. The molecule has 1 saturated carbocycles. The third-order valence-electron chi connectivity index (χ3n) is 4.57. The monoisotopic (exact) mass is 417 g/mol. The van der Waals surface area contributed by atoms with Crippen molar-refractivity contribution < 1.29 is 13.2 Å². The van der Waals surface area contributed by atoms with E-state index in [9.17, 15) is 13.2 Å². The van der Waals surface area contributed by atoms with E-state index in [2.05, 4.69) is 15.4 Å². The van der Waals surface area contributed by atoms with Crippen molar-refractivity contribution in [3.05, 3.63) is 29.8 Å². The van der Waals surface area contributed by atoms with Gasteiger partial charge in [0.05, 0.1) is 5.75 Å². The molecule has 0 bridgehead atoms. The molecule has 27 heavy (non-hydrogen) atoms. The molecule has 2 rings (SSSR count). The molecule has 0 unspecified atom stereocenters. The summed E-state index contributed by atoms with van der Waals surface area (Å²) < 4.78 is 26.2. The van der Waals surface area contributed by atoms with Crippen molar-refractivity contribution in [2.24, 2.45) is 0 Å². The summed E-state index contributed by atoms with van der Waals surface area (Å²) in [5, 5.41) is 6.41. The van der Waals surface area contributed by atoms with Crippen LogP contribution in [0.25, 0.3) is 0 Å². The number of benzene rings is 1. The van der Waals surface area contributed by atoms with Gasteiger partial charge in [0.1, 0.15) is 0 Å². The number of anilines is 1. The highest BCUT2D eigenvalue weighted by Gasteiger charge is 2.13. The van der Waals surface area contributed by atoms with Gasteiger partial charge in [0.2, 0.25) is 10.0 Å². The summed E-state index contributed by atoms with van der Waals surface area (Å²) in [4.78, 5) is 12.3. The van der Waals surface area contributed by atoms with Gasteiger partial charge in [-0.15, -0.1) is 12.4 Å². The lowest BCUT2D eigenvalue weighted by Crippen LogP contribution is -2.36. The number of rotatable bonds is 9. The fourth-order valence-electron chi connectivity index (χ4n) is 3.26. The van der Waals surface area contributed by atoms with Gasteiger partial charge in [-0.2, -0.15) is 0 Å². The van der Waals surface area contributed by atoms with E-state index in [0.29, 0.717) is 30.3 Å². The van der Waals surface area contributed by atoms with Crippen LogP contribution in [0.4, 0.5) is 5.69 Å². The van der Waals surface area contributed by atoms with Crippen LogP contribution in [0, 0.1) is 0 Å². The van der Waals surface area contributed by atoms with E-state index in [4.69, 9.17) is 0 Å². The van der Waals surface area contributed by atoms with Gasteiger partial charge in [-0.05, 0) is 37.5 Å². The summed E-state index contributed by atoms with van der Waals surface area (Å²) in [6, 6.07) is 7.15. The first-order valence-electron chi connectivity index (χ1n) is 9.62. The first-order chi connectivity index (χ1) is 12.5. The molecule has 8 heteroatoms. The highest BCUT2D eigenvalue weighted by atomic mass is 35.5. The minimum atomic E-state index is -3.36. The lowest BCUT2D eigenvalue weighted by molar-refractivity contribution is 0.0953. The number of halogens is 1. The zero-order chi connectivity index (χ0) is 18.8. The van der Waals surface area contributed by atoms with Crippen LogP contribution >= 0.6 is 12.4 Å². The molecule has 6 nitrogen and oxygen atoms in total. The highest BCUT2D eigenvalue weighted by molar-refractivity contribution is 7.92. The molecule has 0 spiro atoms. The Kier molecular flexibility index (Phi) is 10.7. The van der Waals surface area contributed by atoms with Crippen molar-refractivity contribution >= 4 is 34.0 Å². The molecular formula is C19H32ClN3O3S. The SMILES string of the molecule is CCCS(=O)(=O)Nc1cccc(C(=O)NCCNC2CCCCCC2)c1.Cl. The maximum atomic E-state index is 12.3. The van der Waals surface area contributed by atoms with E-state index in [0.717, 1.165) is 6.54 Å². The highest BCUT2D eigenvalue weighted by Crippen LogP contribution is 2.17. The van der Waals surface area contributed by atoms with E-state index in [1.807, 2.05) is 6.92 Å². The van der Waals surface area contributed by atoms with Crippen LogP contribution in [0.15, 0.2) is 24.3 Å². The zero-order valence-corrected chi connectivity index (χ0v) is 17.6. The van der Waals surface area contributed by atoms with Gasteiger partial charge in [-0.25, -0.2) is 8.42 Å². The van der Waals surface area contributed by atoms with Gasteiger partial charge >= 0.3 is 0 Å². The molecule has 154 valence electrons. The smallest absolute Gasteiger partial charge is 0.251 e. The van der Waals surface area contributed by atoms with Crippen LogP contribution in [0.2, 0.25) is 0 Å². The topological polar surface area (TPSA) is 87.3 Å². The predicted octanol–water partition coefficient (Wildman–Crippen LogP) is 3.30. The zero-order valence-electron chi connectivity index (χ0n) is 16.0. The van der Waals surface area contributed by atoms with E-state index < -0.39 is 10.0 Å². The molecule has 0 radical (unpaired) electrons. The van der Waals surface area contributed by atoms with Crippen LogP contribution in [0.1, 0.15) is 62.2 Å². The maximum absolute atomic E-state index is 12.3. The van der Waals surface area contributed by atoms with Crippen LogP contribution in [0.5, 0.6) is 0 Å². The van der Waals surface area contributed by atoms with Crippen molar-refractivity contribution in [2.45, 2.75) is 57.9 Å². The summed E-state index contributed by atoms with van der Waals surface area (Å²) in [6.45, 7) is 3.12. The van der Waals surface area contributed by atoms with Crippen LogP contribution < -0.4 is 15.4 Å². The normalized spacial score (nSPS) is 15.4. The second-order valence-electron chi connectivity index (χ2n) is 6.90. The Balaban J connectivity index is 0.00000364. The molecule has 0 atom stereocenters. The lowest BCUT2D eigenvalue weighted by atomic mass is 10.1. The minimum Gasteiger partial charge on any atom is -0.351 e. The molecule has 0 aliphatic heterocycles. The standard InChI is InChI=1S/C19H31N3O3S.ClH/c1-2-14-26(24,25)22-18-11-7-8-16(15-18)19(23)21-13-12-20-17-9-5-3-4-6-10-17;/h7-8,11,15,17,20,22H,2-6,9-10,12-14H2,1H3,(H,21,23);1H. The maximum Gasteiger partial charge on any atom is 0.251 e. The van der Waals surface area contributed by atoms with Crippen molar-refractivity contribution in [1.82, 2.24) is 10.6 Å². The third kappa shape index (κ3) is 8.95. The van der Waals surface area contributed by atoms with Gasteiger partial charge < -0.3 is 10.6 Å². The number of amides is 1. The Morgan fingerprint density at radius 3 is 2.48 bits per heavy atom. The Labute approximate surface area is 169 Å². The first-order valence-corrected chi connectivity index (χ1v) is 11.3. The molecule has 1 aliphatic carbocycles. The number of hydrogen-bond acceptors (Lipinski definition) is 4. The average Bonchev–Trinajstić information content (AvgIpc) is 2.87. The quantitative estimate of drug-likeness (QED) is 0.425. The van der Waals surface area contributed by atoms with Gasteiger partial charge in [0.15, 0.2) is 0 Å². The average molecular weight is 418 g/mol. The van der Waals surface area contributed by atoms with Crippen LogP contribution in [-0.2, 0) is 10.0 Å². The molecule has 1 aliphatic rings. The fourth-order valence-corrected chi connectivity index (χ4v) is 4.39. The second kappa shape index (κ2) is 12.2. The number of carbonyl (C=O) groups excluding carboxylic acids is 1. The molecular weight excluding hydrogens is 386 g/mol. The van der Waals surface area contributed by atoms with Crippen molar-refractivity contribution in [1.29, 1.82) is 0 Å². The lowest BCUT2D eigenvalue weighted by Gasteiger charge is -2.16. The van der Waals surface area contributed by atoms with Crippen molar-refractivity contribution in [3.63, 3.8) is 0 Å². The van der Waals surface area contributed by atoms with E-state index in [1.165, 1.54) is 38.5 Å². The summed E-state index contributed by atoms with van der Waals surface area (Å²) in [6.07, 6.45) is 8.20. The van der Waals surface area contributed by atoms with E-state index in [1.54, 1.807) is 24.3 Å². The Morgan fingerprint density at radius 2 is 1.81 bits per heavy atom. The van der Waals surface area contributed by atoms with E-state index in [-0.39, 0.29) is 24.1 Å². The summed E-state index contributed by atoms with van der Waals surface area (Å²) in [5.41, 5.74) is 0.874. The molecule has 1 amide bonds. The molecule has 1 aromatic rings. The van der Waals surface area contributed by atoms with Gasteiger partial charge in [-0.3, -0.25) is 9.52 Å². The number of sulfonamides is 1. The largest absolute Gasteiger partial charge is 0.351 e. The number of nitrogens with one attached hydrogen (secondary N) is 3. The Bertz CT molecular complexity index is 675. The van der Waals surface area contributed by atoms with Crippen LogP contribution in [-0.4, -0.2) is 39.2 Å². The van der Waals surface area contributed by atoms with Crippen LogP contribution in [0.3, 0.4) is 0 Å². The number of carbonyl (C=O) groups is 1. The second-order valence-corrected chi connectivity index (χ2v) is 8.74. The van der Waals surface area contributed by atoms with Crippen molar-refractivity contribution in [2.75, 3.05) is 23.6 Å². The Morgan fingerprint density at radius 1 is 1.11 bits per heavy atom. The van der Waals surface area contributed by atoms with E-state index >= 15 is 0 Å². The van der Waals surface area contributed by atoms with Gasteiger partial charge in [0, 0.05) is 30.4 Å². The minimum absolute atomic E-state index is 0. The molecule has 0 heterocycles. The molecule has 0 saturated heterocycles. The summed E-state index contributed by atoms with van der Waals surface area (Å²) in [7, 11) is -3.36. The van der Waals surface area contributed by atoms with Gasteiger partial charge in [-0.1, -0.05) is 38.7 Å².